The number of unbranched alkanes of at least 4 members (excludes halogenated alkanes) is 5. The van der Waals surface area contributed by atoms with Gasteiger partial charge in [-0.2, -0.15) is 0 Å². The maximum absolute atomic E-state index is 11.1. The Labute approximate surface area is 124 Å². The van der Waals surface area contributed by atoms with E-state index in [4.69, 9.17) is 4.74 Å². The second kappa shape index (κ2) is 15.5. The van der Waals surface area contributed by atoms with E-state index >= 15 is 0 Å². The minimum atomic E-state index is -0.122. The van der Waals surface area contributed by atoms with Crippen LogP contribution < -0.4 is 0 Å². The zero-order chi connectivity index (χ0) is 14.9. The molecule has 0 heterocycles. The highest BCUT2D eigenvalue weighted by Crippen LogP contribution is 2.05. The van der Waals surface area contributed by atoms with E-state index in [-0.39, 0.29) is 5.78 Å². The summed E-state index contributed by atoms with van der Waals surface area (Å²) in [7, 11) is 1.57. The van der Waals surface area contributed by atoms with Crippen LogP contribution in [-0.2, 0) is 9.53 Å². The molecule has 0 aliphatic carbocycles. The molecule has 0 atom stereocenters. The van der Waals surface area contributed by atoms with Crippen molar-refractivity contribution in [1.29, 1.82) is 0 Å². The lowest BCUT2D eigenvalue weighted by Crippen LogP contribution is -1.98. The zero-order valence-electron chi connectivity index (χ0n) is 12.8. The van der Waals surface area contributed by atoms with Crippen molar-refractivity contribution in [2.45, 2.75) is 58.3 Å². The molecule has 0 aliphatic heterocycles. The Morgan fingerprint density at radius 3 is 2.65 bits per heavy atom. The Morgan fingerprint density at radius 2 is 1.90 bits per heavy atom. The Balaban J connectivity index is 3.57. The van der Waals surface area contributed by atoms with Crippen LogP contribution in [0.15, 0.2) is 12.2 Å². The minimum Gasteiger partial charge on any atom is -0.384 e. The maximum Gasteiger partial charge on any atom is 0.208 e. The van der Waals surface area contributed by atoms with E-state index in [0.717, 1.165) is 6.42 Å². The van der Waals surface area contributed by atoms with E-state index in [0.29, 0.717) is 19.4 Å². The van der Waals surface area contributed by atoms with Crippen molar-refractivity contribution in [2.75, 3.05) is 13.7 Å². The highest BCUT2D eigenvalue weighted by Gasteiger charge is 1.93. The Bertz CT molecular complexity index is 385. The van der Waals surface area contributed by atoms with Crippen molar-refractivity contribution < 1.29 is 9.53 Å². The molecule has 0 saturated heterocycles. The van der Waals surface area contributed by atoms with E-state index in [9.17, 15) is 4.79 Å². The fraction of sp³-hybridized carbons (Fsp3) is 0.611. The van der Waals surface area contributed by atoms with E-state index in [1.54, 1.807) is 7.11 Å². The molecule has 2 nitrogen and oxygen atoms in total. The quantitative estimate of drug-likeness (QED) is 0.261. The predicted octanol–water partition coefficient (Wildman–Crippen LogP) is 3.91. The first-order valence-corrected chi connectivity index (χ1v) is 7.47. The van der Waals surface area contributed by atoms with Crippen molar-refractivity contribution in [3.05, 3.63) is 12.2 Å². The summed E-state index contributed by atoms with van der Waals surface area (Å²) in [5, 5.41) is 0. The van der Waals surface area contributed by atoms with Crippen molar-refractivity contribution >= 4 is 5.78 Å². The molecule has 0 aromatic heterocycles. The number of allylic oxidation sites excluding steroid dienone is 2. The predicted molar refractivity (Wildman–Crippen MR) is 84.2 cm³/mol. The van der Waals surface area contributed by atoms with Gasteiger partial charge in [0.05, 0.1) is 6.61 Å². The number of ether oxygens (including phenoxy) is 1. The van der Waals surface area contributed by atoms with Gasteiger partial charge in [0.1, 0.15) is 0 Å². The maximum atomic E-state index is 11.1. The summed E-state index contributed by atoms with van der Waals surface area (Å²) in [6, 6.07) is 0. The fourth-order valence-corrected chi connectivity index (χ4v) is 1.58. The molecule has 110 valence electrons. The first kappa shape index (κ1) is 18.5. The fourth-order valence-electron chi connectivity index (χ4n) is 1.58. The monoisotopic (exact) mass is 274 g/mol. The Morgan fingerprint density at radius 1 is 1.10 bits per heavy atom. The van der Waals surface area contributed by atoms with Gasteiger partial charge in [0.25, 0.3) is 0 Å². The van der Waals surface area contributed by atoms with Crippen LogP contribution in [0.4, 0.5) is 0 Å². The van der Waals surface area contributed by atoms with E-state index in [1.165, 1.54) is 32.1 Å². The third-order valence-electron chi connectivity index (χ3n) is 2.75. The summed E-state index contributed by atoms with van der Waals surface area (Å²) in [6.07, 6.45) is 13.0. The van der Waals surface area contributed by atoms with Gasteiger partial charge in [-0.1, -0.05) is 50.7 Å². The van der Waals surface area contributed by atoms with Crippen molar-refractivity contribution in [3.8, 4) is 23.7 Å². The summed E-state index contributed by atoms with van der Waals surface area (Å²) < 4.78 is 4.79. The van der Waals surface area contributed by atoms with Crippen molar-refractivity contribution in [2.24, 2.45) is 0 Å². The van der Waals surface area contributed by atoms with Gasteiger partial charge in [0.15, 0.2) is 0 Å². The van der Waals surface area contributed by atoms with Gasteiger partial charge in [0, 0.05) is 20.0 Å². The van der Waals surface area contributed by atoms with Crippen LogP contribution in [0.25, 0.3) is 0 Å². The number of hydrogen-bond acceptors (Lipinski definition) is 2. The first-order valence-electron chi connectivity index (χ1n) is 7.47. The number of methoxy groups -OCH3 is 1. The molecule has 20 heavy (non-hydrogen) atoms. The number of carbonyl (C=O) groups is 1. The lowest BCUT2D eigenvalue weighted by Gasteiger charge is -1.95. The van der Waals surface area contributed by atoms with Gasteiger partial charge < -0.3 is 4.74 Å². The lowest BCUT2D eigenvalue weighted by atomic mass is 10.1. The molecule has 0 spiro atoms. The number of ketones is 1. The van der Waals surface area contributed by atoms with Crippen molar-refractivity contribution in [3.63, 3.8) is 0 Å². The molecule has 0 fully saturated rings. The van der Waals surface area contributed by atoms with Crippen molar-refractivity contribution in [1.82, 2.24) is 0 Å². The molecule has 0 bridgehead atoms. The highest BCUT2D eigenvalue weighted by molar-refractivity contribution is 5.95. The smallest absolute Gasteiger partial charge is 0.208 e. The van der Waals surface area contributed by atoms with Crippen LogP contribution in [-0.4, -0.2) is 19.5 Å². The average Bonchev–Trinajstić information content (AvgIpc) is 2.46. The standard InChI is InChI=1S/C18H26O2/c1-3-4-5-6-7-8-9-10-11-12-13-14-15-18(19)16-17-20-2/h9-10H,3-8,11,16-17H2,1-2H3/b10-9-. The molecule has 0 unspecified atom stereocenters. The molecule has 0 amide bonds. The molecule has 0 rings (SSSR count). The summed E-state index contributed by atoms with van der Waals surface area (Å²) in [6.45, 7) is 2.65. The molecule has 0 aliphatic rings. The summed E-state index contributed by atoms with van der Waals surface area (Å²) >= 11 is 0. The molecule has 0 aromatic carbocycles. The second-order valence-electron chi connectivity index (χ2n) is 4.60. The van der Waals surface area contributed by atoms with E-state index in [2.05, 4.69) is 42.8 Å². The molecule has 2 heteroatoms. The number of rotatable bonds is 10. The Hall–Kier alpha value is -1.51. The largest absolute Gasteiger partial charge is 0.384 e. The molecule has 0 aromatic rings. The Kier molecular flexibility index (Phi) is 14.4. The van der Waals surface area contributed by atoms with Crippen LogP contribution in [0.3, 0.4) is 0 Å². The molecular formula is C18H26O2. The molecule has 0 saturated carbocycles. The normalized spacial score (nSPS) is 9.70. The van der Waals surface area contributed by atoms with Gasteiger partial charge in [-0.05, 0) is 30.6 Å². The number of carbonyl (C=O) groups excluding carboxylic acids is 1. The van der Waals surface area contributed by atoms with Gasteiger partial charge in [-0.3, -0.25) is 4.79 Å². The molecule has 0 radical (unpaired) electrons. The molecule has 0 N–H and O–H groups in total. The number of Topliss-reactive ketones (excluding diaryl/α,β-unsaturated/α-hetero) is 1. The first-order chi connectivity index (χ1) is 9.81. The van der Waals surface area contributed by atoms with Gasteiger partial charge >= 0.3 is 0 Å². The highest BCUT2D eigenvalue weighted by atomic mass is 16.5. The van der Waals surface area contributed by atoms with E-state index < -0.39 is 0 Å². The van der Waals surface area contributed by atoms with Crippen LogP contribution in [0, 0.1) is 23.7 Å². The average molecular weight is 274 g/mol. The second-order valence-corrected chi connectivity index (χ2v) is 4.60. The summed E-state index contributed by atoms with van der Waals surface area (Å²) in [5.41, 5.74) is 0. The lowest BCUT2D eigenvalue weighted by molar-refractivity contribution is -0.114. The SMILES string of the molecule is CCCCCCC/C=C\CC#CC#CC(=O)CCOC. The summed E-state index contributed by atoms with van der Waals surface area (Å²) in [4.78, 5) is 11.1. The van der Waals surface area contributed by atoms with Crippen LogP contribution >= 0.6 is 0 Å². The van der Waals surface area contributed by atoms with Crippen LogP contribution in [0.2, 0.25) is 0 Å². The van der Waals surface area contributed by atoms with Crippen LogP contribution in [0.1, 0.15) is 58.3 Å². The third-order valence-corrected chi connectivity index (χ3v) is 2.75. The van der Waals surface area contributed by atoms with Gasteiger partial charge in [-0.15, -0.1) is 0 Å². The third kappa shape index (κ3) is 14.6. The molecular weight excluding hydrogens is 248 g/mol. The topological polar surface area (TPSA) is 26.3 Å². The summed E-state index contributed by atoms with van der Waals surface area (Å²) in [5.74, 6) is 10.5. The van der Waals surface area contributed by atoms with Gasteiger partial charge in [0.2, 0.25) is 5.78 Å². The van der Waals surface area contributed by atoms with Gasteiger partial charge in [-0.25, -0.2) is 0 Å². The minimum absolute atomic E-state index is 0.122. The number of hydrogen-bond donors (Lipinski definition) is 0. The zero-order valence-corrected chi connectivity index (χ0v) is 12.8. The van der Waals surface area contributed by atoms with Crippen LogP contribution in [0.5, 0.6) is 0 Å². The van der Waals surface area contributed by atoms with E-state index in [1.807, 2.05) is 0 Å².